The average molecular weight is 577 g/mol. The lowest BCUT2D eigenvalue weighted by molar-refractivity contribution is -0.131. The summed E-state index contributed by atoms with van der Waals surface area (Å²) in [6.45, 7) is 2.33. The van der Waals surface area contributed by atoms with Gasteiger partial charge in [0.05, 0.1) is 24.2 Å². The molecular weight excluding hydrogens is 547 g/mol. The number of pyridine rings is 1. The molecule has 9 nitrogen and oxygen atoms in total. The van der Waals surface area contributed by atoms with Crippen molar-refractivity contribution >= 4 is 33.5 Å². The first-order valence-electron chi connectivity index (χ1n) is 12.5. The minimum Gasteiger partial charge on any atom is -0.478 e. The third-order valence-electron chi connectivity index (χ3n) is 6.56. The van der Waals surface area contributed by atoms with Gasteiger partial charge in [0.25, 0.3) is 0 Å². The van der Waals surface area contributed by atoms with Gasteiger partial charge in [0.2, 0.25) is 5.88 Å². The lowest BCUT2D eigenvalue weighted by Gasteiger charge is -2.31. The predicted octanol–water partition coefficient (Wildman–Crippen LogP) is 4.17. The van der Waals surface area contributed by atoms with Crippen LogP contribution in [-0.2, 0) is 34.3 Å². The number of rotatable bonds is 11. The third kappa shape index (κ3) is 8.35. The number of hydrogen-bond acceptors (Lipinski definition) is 7. The Labute approximate surface area is 231 Å². The Balaban J connectivity index is 1.37. The van der Waals surface area contributed by atoms with Crippen LogP contribution in [0.3, 0.4) is 0 Å². The molecule has 39 heavy (non-hydrogen) atoms. The Morgan fingerprint density at radius 2 is 2.03 bits per heavy atom. The second-order valence-electron chi connectivity index (χ2n) is 9.53. The summed E-state index contributed by atoms with van der Waals surface area (Å²) in [6, 6.07) is 10.1. The van der Waals surface area contributed by atoms with Crippen LogP contribution in [0.25, 0.3) is 6.08 Å². The van der Waals surface area contributed by atoms with E-state index in [1.54, 1.807) is 29.0 Å². The van der Waals surface area contributed by atoms with Crippen molar-refractivity contribution in [2.24, 2.45) is 0 Å². The van der Waals surface area contributed by atoms with Gasteiger partial charge in [-0.25, -0.2) is 27.6 Å². The number of halogens is 2. The van der Waals surface area contributed by atoms with Gasteiger partial charge in [-0.05, 0) is 50.2 Å². The fraction of sp³-hybridized carbons (Fsp3) is 0.370. The fourth-order valence-electron chi connectivity index (χ4n) is 4.48. The molecule has 0 saturated carbocycles. The molecular formula is C27H30ClFN4O5S. The smallest absolute Gasteiger partial charge is 0.328 e. The molecule has 0 spiro atoms. The highest BCUT2D eigenvalue weighted by molar-refractivity contribution is 7.90. The summed E-state index contributed by atoms with van der Waals surface area (Å²) in [5.41, 5.74) is 1.86. The van der Waals surface area contributed by atoms with E-state index in [1.165, 1.54) is 18.4 Å². The van der Waals surface area contributed by atoms with Crippen molar-refractivity contribution in [3.63, 3.8) is 0 Å². The predicted molar refractivity (Wildman–Crippen MR) is 146 cm³/mol. The second-order valence-corrected chi connectivity index (χ2v) is 12.2. The fourth-order valence-corrected chi connectivity index (χ4v) is 5.15. The van der Waals surface area contributed by atoms with Crippen LogP contribution >= 0.6 is 11.6 Å². The van der Waals surface area contributed by atoms with E-state index in [2.05, 4.69) is 14.9 Å². The Bertz CT molecular complexity index is 1450. The molecule has 4 rings (SSSR count). The summed E-state index contributed by atoms with van der Waals surface area (Å²) in [5.74, 6) is -0.232. The molecule has 1 fully saturated rings. The molecule has 208 valence electrons. The van der Waals surface area contributed by atoms with Crippen molar-refractivity contribution in [2.75, 3.05) is 25.1 Å². The summed E-state index contributed by atoms with van der Waals surface area (Å²) in [5, 5.41) is 9.31. The zero-order valence-corrected chi connectivity index (χ0v) is 23.0. The zero-order chi connectivity index (χ0) is 28.0. The molecule has 0 radical (unpaired) electrons. The van der Waals surface area contributed by atoms with Crippen molar-refractivity contribution in [2.45, 2.75) is 38.5 Å². The average Bonchev–Trinajstić information content (AvgIpc) is 3.27. The van der Waals surface area contributed by atoms with Crippen LogP contribution in [0.2, 0.25) is 5.02 Å². The Hall–Kier alpha value is -3.28. The van der Waals surface area contributed by atoms with Gasteiger partial charge in [-0.2, -0.15) is 0 Å². The number of benzene rings is 1. The molecule has 2 aromatic heterocycles. The van der Waals surface area contributed by atoms with Gasteiger partial charge in [0.1, 0.15) is 28.1 Å². The topological polar surface area (TPSA) is 115 Å². The van der Waals surface area contributed by atoms with Gasteiger partial charge in [-0.1, -0.05) is 23.7 Å². The number of carboxylic acids is 1. The number of piperidine rings is 1. The van der Waals surface area contributed by atoms with E-state index in [4.69, 9.17) is 21.4 Å². The summed E-state index contributed by atoms with van der Waals surface area (Å²) in [6.07, 6.45) is 6.89. The maximum absolute atomic E-state index is 14.1. The van der Waals surface area contributed by atoms with Crippen LogP contribution < -0.4 is 4.74 Å². The van der Waals surface area contributed by atoms with E-state index < -0.39 is 21.6 Å². The van der Waals surface area contributed by atoms with E-state index in [-0.39, 0.29) is 24.8 Å². The van der Waals surface area contributed by atoms with Crippen LogP contribution in [0.15, 0.2) is 48.7 Å². The van der Waals surface area contributed by atoms with Crippen LogP contribution in [0.5, 0.6) is 5.88 Å². The molecule has 0 unspecified atom stereocenters. The Morgan fingerprint density at radius 3 is 2.72 bits per heavy atom. The van der Waals surface area contributed by atoms with E-state index in [1.807, 2.05) is 12.1 Å². The Morgan fingerprint density at radius 1 is 1.26 bits per heavy atom. The molecule has 1 aliphatic heterocycles. The number of carboxylic acid groups (broad SMARTS) is 1. The number of nitrogens with zero attached hydrogens (tertiary/aromatic N) is 4. The normalized spacial score (nSPS) is 15.2. The number of aliphatic carboxylic acids is 1. The van der Waals surface area contributed by atoms with Crippen LogP contribution in [0.1, 0.15) is 41.5 Å². The molecule has 1 saturated heterocycles. The van der Waals surface area contributed by atoms with Gasteiger partial charge in [0.15, 0.2) is 0 Å². The van der Waals surface area contributed by atoms with Gasteiger partial charge in [-0.15, -0.1) is 0 Å². The molecule has 0 bridgehead atoms. The number of imidazole rings is 1. The van der Waals surface area contributed by atoms with Crippen molar-refractivity contribution in [3.05, 3.63) is 82.3 Å². The first-order chi connectivity index (χ1) is 18.6. The van der Waals surface area contributed by atoms with Crippen molar-refractivity contribution in [1.82, 2.24) is 19.4 Å². The lowest BCUT2D eigenvalue weighted by atomic mass is 9.93. The minimum atomic E-state index is -3.21. The largest absolute Gasteiger partial charge is 0.478 e. The first-order valence-corrected chi connectivity index (χ1v) is 14.9. The molecule has 3 heterocycles. The molecule has 1 aromatic carbocycles. The lowest BCUT2D eigenvalue weighted by Crippen LogP contribution is -2.34. The molecule has 1 aliphatic rings. The minimum absolute atomic E-state index is 0.0491. The highest BCUT2D eigenvalue weighted by atomic mass is 35.5. The van der Waals surface area contributed by atoms with E-state index >= 15 is 0 Å². The molecule has 0 aliphatic carbocycles. The molecule has 12 heteroatoms. The SMILES string of the molecule is CS(=O)(=O)CCn1c(/C=C/C(=O)O)cnc1CN1CCC(c2cccc(OCc3ccc(Cl)cc3F)n2)CC1. The van der Waals surface area contributed by atoms with E-state index in [0.29, 0.717) is 34.5 Å². The van der Waals surface area contributed by atoms with Crippen LogP contribution in [0, 0.1) is 5.82 Å². The van der Waals surface area contributed by atoms with E-state index in [0.717, 1.165) is 37.7 Å². The molecule has 0 atom stereocenters. The van der Waals surface area contributed by atoms with Crippen LogP contribution in [0.4, 0.5) is 4.39 Å². The monoisotopic (exact) mass is 576 g/mol. The van der Waals surface area contributed by atoms with Crippen LogP contribution in [-0.4, -0.2) is 64.0 Å². The Kier molecular flexibility index (Phi) is 9.36. The van der Waals surface area contributed by atoms with Crippen molar-refractivity contribution < 1.29 is 27.4 Å². The molecule has 0 amide bonds. The van der Waals surface area contributed by atoms with Gasteiger partial charge in [0, 0.05) is 47.1 Å². The summed E-state index contributed by atoms with van der Waals surface area (Å²) in [7, 11) is -3.21. The first kappa shape index (κ1) is 28.7. The van der Waals surface area contributed by atoms with E-state index in [9.17, 15) is 17.6 Å². The summed E-state index contributed by atoms with van der Waals surface area (Å²) in [4.78, 5) is 22.3. The number of hydrogen-bond donors (Lipinski definition) is 1. The molecule has 1 N–H and O–H groups in total. The summed E-state index contributed by atoms with van der Waals surface area (Å²) < 4.78 is 45.1. The van der Waals surface area contributed by atoms with Crippen molar-refractivity contribution in [3.8, 4) is 5.88 Å². The highest BCUT2D eigenvalue weighted by Gasteiger charge is 2.24. The van der Waals surface area contributed by atoms with Gasteiger partial charge in [-0.3, -0.25) is 4.90 Å². The number of carbonyl (C=O) groups is 1. The quantitative estimate of drug-likeness (QED) is 0.338. The van der Waals surface area contributed by atoms with Gasteiger partial charge < -0.3 is 14.4 Å². The third-order valence-corrected chi connectivity index (χ3v) is 7.72. The number of likely N-dealkylation sites (tertiary alicyclic amines) is 1. The summed E-state index contributed by atoms with van der Waals surface area (Å²) >= 11 is 5.81. The number of ether oxygens (including phenoxy) is 1. The highest BCUT2D eigenvalue weighted by Crippen LogP contribution is 2.29. The standard InChI is InChI=1S/C27H30ClFN4O5S/c1-39(36,37)14-13-33-22(7-8-27(34)35)16-30-25(33)17-32-11-9-19(10-12-32)24-3-2-4-26(31-24)38-18-20-5-6-21(28)15-23(20)29/h2-8,15-16,19H,9-14,17-18H2,1H3,(H,34,35)/b8-7+. The van der Waals surface area contributed by atoms with Crippen molar-refractivity contribution in [1.29, 1.82) is 0 Å². The maximum atomic E-state index is 14.1. The molecule has 3 aromatic rings. The maximum Gasteiger partial charge on any atom is 0.328 e. The number of sulfone groups is 1. The zero-order valence-electron chi connectivity index (χ0n) is 21.5. The second kappa shape index (κ2) is 12.7. The number of aromatic nitrogens is 3. The van der Waals surface area contributed by atoms with Gasteiger partial charge >= 0.3 is 5.97 Å².